The molecule has 5 unspecified atom stereocenters. The highest BCUT2D eigenvalue weighted by Gasteiger charge is 2.33. The number of hydrogen-bond donors (Lipinski definition) is 8. The molecule has 0 heterocycles. The zero-order valence-electron chi connectivity index (χ0n) is 17.1. The molecule has 13 nitrogen and oxygen atoms in total. The molecule has 30 heavy (non-hydrogen) atoms. The lowest BCUT2D eigenvalue weighted by atomic mass is 10.0. The highest BCUT2D eigenvalue weighted by atomic mass is 16.4. The van der Waals surface area contributed by atoms with E-state index in [2.05, 4.69) is 10.6 Å². The summed E-state index contributed by atoms with van der Waals surface area (Å²) in [6, 6.07) is -5.70. The van der Waals surface area contributed by atoms with Gasteiger partial charge in [0, 0.05) is 0 Å². The van der Waals surface area contributed by atoms with Crippen LogP contribution in [0, 0.1) is 5.92 Å². The van der Waals surface area contributed by atoms with Crippen LogP contribution in [0.3, 0.4) is 0 Å². The number of aliphatic carboxylic acids is 1. The SMILES string of the molecule is CC(C)CC(N)C(=O)NC(CO)C(=O)NC(C(=O)NC(CC(N)=O)C(=O)O)C(C)O. The van der Waals surface area contributed by atoms with Crippen LogP contribution in [-0.4, -0.2) is 81.8 Å². The number of carboxylic acid groups (broad SMARTS) is 1. The average Bonchev–Trinajstić information content (AvgIpc) is 2.61. The van der Waals surface area contributed by atoms with Gasteiger partial charge < -0.3 is 42.7 Å². The first-order valence-electron chi connectivity index (χ1n) is 9.26. The zero-order valence-corrected chi connectivity index (χ0v) is 17.1. The topological polar surface area (TPSA) is 234 Å². The number of nitrogens with two attached hydrogens (primary N) is 2. The molecular formula is C17H31N5O8. The summed E-state index contributed by atoms with van der Waals surface area (Å²) < 4.78 is 0. The van der Waals surface area contributed by atoms with E-state index >= 15 is 0 Å². The Morgan fingerprint density at radius 1 is 0.900 bits per heavy atom. The number of primary amides is 1. The lowest BCUT2D eigenvalue weighted by Gasteiger charge is -2.25. The molecule has 0 aromatic rings. The number of aliphatic hydroxyl groups excluding tert-OH is 2. The Morgan fingerprint density at radius 2 is 1.43 bits per heavy atom. The maximum absolute atomic E-state index is 12.4. The molecule has 0 aromatic heterocycles. The molecule has 0 saturated heterocycles. The van der Waals surface area contributed by atoms with Crippen LogP contribution in [0.2, 0.25) is 0 Å². The van der Waals surface area contributed by atoms with Crippen LogP contribution in [-0.2, 0) is 24.0 Å². The molecule has 5 atom stereocenters. The predicted molar refractivity (Wildman–Crippen MR) is 103 cm³/mol. The summed E-state index contributed by atoms with van der Waals surface area (Å²) in [7, 11) is 0. The van der Waals surface area contributed by atoms with E-state index in [1.54, 1.807) is 0 Å². The number of carbonyl (C=O) groups excluding carboxylic acids is 4. The van der Waals surface area contributed by atoms with Gasteiger partial charge in [0.2, 0.25) is 23.6 Å². The van der Waals surface area contributed by atoms with Gasteiger partial charge in [-0.3, -0.25) is 19.2 Å². The Balaban J connectivity index is 5.19. The summed E-state index contributed by atoms with van der Waals surface area (Å²) in [5.74, 6) is -5.23. The molecule has 0 aliphatic heterocycles. The van der Waals surface area contributed by atoms with E-state index in [0.717, 1.165) is 6.92 Å². The Kier molecular flexibility index (Phi) is 11.5. The molecule has 0 rings (SSSR count). The van der Waals surface area contributed by atoms with Crippen molar-refractivity contribution >= 4 is 29.6 Å². The second-order valence-electron chi connectivity index (χ2n) is 7.28. The van der Waals surface area contributed by atoms with Crippen LogP contribution in [0.5, 0.6) is 0 Å². The van der Waals surface area contributed by atoms with Crippen molar-refractivity contribution in [1.82, 2.24) is 16.0 Å². The third-order valence-electron chi connectivity index (χ3n) is 3.96. The van der Waals surface area contributed by atoms with Gasteiger partial charge in [-0.2, -0.15) is 0 Å². The van der Waals surface area contributed by atoms with Crippen molar-refractivity contribution < 1.29 is 39.3 Å². The van der Waals surface area contributed by atoms with Crippen molar-refractivity contribution in [2.75, 3.05) is 6.61 Å². The summed E-state index contributed by atoms with van der Waals surface area (Å²) >= 11 is 0. The van der Waals surface area contributed by atoms with Crippen LogP contribution < -0.4 is 27.4 Å². The molecule has 4 amide bonds. The molecular weight excluding hydrogens is 402 g/mol. The van der Waals surface area contributed by atoms with E-state index in [0.29, 0.717) is 6.42 Å². The Labute approximate surface area is 173 Å². The molecule has 0 spiro atoms. The highest BCUT2D eigenvalue weighted by Crippen LogP contribution is 2.03. The zero-order chi connectivity index (χ0) is 23.6. The summed E-state index contributed by atoms with van der Waals surface area (Å²) in [6.45, 7) is 4.02. The molecule has 0 fully saturated rings. The second-order valence-corrected chi connectivity index (χ2v) is 7.28. The van der Waals surface area contributed by atoms with Crippen LogP contribution in [0.25, 0.3) is 0 Å². The molecule has 0 radical (unpaired) electrons. The molecule has 172 valence electrons. The molecule has 13 heteroatoms. The second kappa shape index (κ2) is 12.7. The Hall–Kier alpha value is -2.77. The first kappa shape index (κ1) is 27.2. The van der Waals surface area contributed by atoms with Crippen molar-refractivity contribution in [2.45, 2.75) is 63.9 Å². The third-order valence-corrected chi connectivity index (χ3v) is 3.96. The van der Waals surface area contributed by atoms with E-state index < -0.39 is 72.9 Å². The lowest BCUT2D eigenvalue weighted by molar-refractivity contribution is -0.144. The van der Waals surface area contributed by atoms with Gasteiger partial charge in [-0.25, -0.2) is 4.79 Å². The van der Waals surface area contributed by atoms with Crippen LogP contribution in [0.4, 0.5) is 0 Å². The Morgan fingerprint density at radius 3 is 1.83 bits per heavy atom. The van der Waals surface area contributed by atoms with Crippen LogP contribution in [0.1, 0.15) is 33.6 Å². The minimum atomic E-state index is -1.67. The maximum Gasteiger partial charge on any atom is 0.326 e. The monoisotopic (exact) mass is 433 g/mol. The van der Waals surface area contributed by atoms with Crippen molar-refractivity contribution in [3.05, 3.63) is 0 Å². The number of rotatable bonds is 13. The summed E-state index contributed by atoms with van der Waals surface area (Å²) in [5.41, 5.74) is 10.7. The first-order chi connectivity index (χ1) is 13.8. The predicted octanol–water partition coefficient (Wildman–Crippen LogP) is -3.85. The van der Waals surface area contributed by atoms with E-state index in [4.69, 9.17) is 16.6 Å². The van der Waals surface area contributed by atoms with E-state index in [1.165, 1.54) is 0 Å². The standard InChI is InChI=1S/C17H31N5O8/c1-7(2)4-9(18)14(26)21-11(6-23)15(27)22-13(8(3)24)16(28)20-10(17(29)30)5-12(19)25/h7-11,13,23-24H,4-6,18H2,1-3H3,(H2,19,25)(H,20,28)(H,21,26)(H,22,27)(H,29,30). The fourth-order valence-electron chi connectivity index (χ4n) is 2.41. The normalized spacial score (nSPS) is 16.0. The van der Waals surface area contributed by atoms with Gasteiger partial charge in [0.15, 0.2) is 0 Å². The third kappa shape index (κ3) is 9.62. The largest absolute Gasteiger partial charge is 0.480 e. The minimum absolute atomic E-state index is 0.109. The number of carboxylic acids is 1. The summed E-state index contributed by atoms with van der Waals surface area (Å²) in [6.07, 6.45) is -1.85. The van der Waals surface area contributed by atoms with Crippen LogP contribution in [0.15, 0.2) is 0 Å². The number of carbonyl (C=O) groups is 5. The van der Waals surface area contributed by atoms with E-state index in [1.807, 2.05) is 19.2 Å². The van der Waals surface area contributed by atoms with Crippen molar-refractivity contribution in [3.8, 4) is 0 Å². The summed E-state index contributed by atoms with van der Waals surface area (Å²) in [4.78, 5) is 58.8. The van der Waals surface area contributed by atoms with Crippen LogP contribution >= 0.6 is 0 Å². The molecule has 0 aliphatic carbocycles. The number of nitrogens with one attached hydrogen (secondary N) is 3. The fraction of sp³-hybridized carbons (Fsp3) is 0.706. The molecule has 0 bridgehead atoms. The van der Waals surface area contributed by atoms with E-state index in [9.17, 15) is 34.2 Å². The quantitative estimate of drug-likeness (QED) is 0.142. The van der Waals surface area contributed by atoms with E-state index in [-0.39, 0.29) is 5.92 Å². The van der Waals surface area contributed by atoms with Gasteiger partial charge in [-0.15, -0.1) is 0 Å². The minimum Gasteiger partial charge on any atom is -0.480 e. The van der Waals surface area contributed by atoms with Crippen molar-refractivity contribution in [1.29, 1.82) is 0 Å². The molecule has 0 aliphatic rings. The van der Waals surface area contributed by atoms with Gasteiger partial charge in [0.1, 0.15) is 18.1 Å². The molecule has 0 aromatic carbocycles. The molecule has 10 N–H and O–H groups in total. The highest BCUT2D eigenvalue weighted by molar-refractivity contribution is 5.95. The first-order valence-corrected chi connectivity index (χ1v) is 9.26. The summed E-state index contributed by atoms with van der Waals surface area (Å²) in [5, 5.41) is 34.6. The maximum atomic E-state index is 12.4. The smallest absolute Gasteiger partial charge is 0.326 e. The van der Waals surface area contributed by atoms with Crippen molar-refractivity contribution in [2.24, 2.45) is 17.4 Å². The fourth-order valence-corrected chi connectivity index (χ4v) is 2.41. The Bertz CT molecular complexity index is 640. The van der Waals surface area contributed by atoms with Gasteiger partial charge in [-0.1, -0.05) is 13.8 Å². The van der Waals surface area contributed by atoms with Gasteiger partial charge in [0.25, 0.3) is 0 Å². The number of hydrogen-bond acceptors (Lipinski definition) is 8. The average molecular weight is 433 g/mol. The van der Waals surface area contributed by atoms with Gasteiger partial charge in [-0.05, 0) is 19.3 Å². The molecule has 0 saturated carbocycles. The number of aliphatic hydroxyl groups is 2. The lowest BCUT2D eigenvalue weighted by Crippen LogP contribution is -2.60. The van der Waals surface area contributed by atoms with Crippen molar-refractivity contribution in [3.63, 3.8) is 0 Å². The van der Waals surface area contributed by atoms with Gasteiger partial charge >= 0.3 is 5.97 Å². The van der Waals surface area contributed by atoms with Gasteiger partial charge in [0.05, 0.1) is 25.2 Å². The number of amides is 4.